The van der Waals surface area contributed by atoms with Gasteiger partial charge in [-0.1, -0.05) is 31.1 Å². The van der Waals surface area contributed by atoms with Crippen molar-refractivity contribution < 1.29 is 14.3 Å². The van der Waals surface area contributed by atoms with Gasteiger partial charge >= 0.3 is 0 Å². The second-order valence-electron chi connectivity index (χ2n) is 8.02. The fourth-order valence-electron chi connectivity index (χ4n) is 3.36. The van der Waals surface area contributed by atoms with E-state index in [-0.39, 0.29) is 5.91 Å². The molecule has 7 heteroatoms. The number of ether oxygens (including phenoxy) is 2. The maximum absolute atomic E-state index is 13.4. The van der Waals surface area contributed by atoms with E-state index < -0.39 is 0 Å². The van der Waals surface area contributed by atoms with Gasteiger partial charge in [-0.3, -0.25) is 9.69 Å². The summed E-state index contributed by atoms with van der Waals surface area (Å²) in [6, 6.07) is 13.2. The van der Waals surface area contributed by atoms with Crippen LogP contribution in [0.2, 0.25) is 0 Å². The third-order valence-corrected chi connectivity index (χ3v) is 6.22. The SMILES string of the molecule is CCCCCOc1ccc(C(=O)N(CCCN(C)C)c2nc3cc(OC)ccc3s2)cc1. The highest BCUT2D eigenvalue weighted by atomic mass is 32.1. The van der Waals surface area contributed by atoms with E-state index in [1.165, 1.54) is 17.8 Å². The van der Waals surface area contributed by atoms with Crippen molar-refractivity contribution in [3.05, 3.63) is 48.0 Å². The zero-order chi connectivity index (χ0) is 22.9. The molecule has 0 saturated carbocycles. The van der Waals surface area contributed by atoms with Crippen molar-refractivity contribution in [1.29, 1.82) is 0 Å². The molecule has 3 rings (SSSR count). The van der Waals surface area contributed by atoms with E-state index in [0.29, 0.717) is 23.8 Å². The van der Waals surface area contributed by atoms with Crippen molar-refractivity contribution in [1.82, 2.24) is 9.88 Å². The lowest BCUT2D eigenvalue weighted by Crippen LogP contribution is -2.33. The van der Waals surface area contributed by atoms with Gasteiger partial charge in [0.15, 0.2) is 5.13 Å². The van der Waals surface area contributed by atoms with Crippen molar-refractivity contribution >= 4 is 32.6 Å². The molecular weight excluding hydrogens is 422 g/mol. The molecule has 1 heterocycles. The highest BCUT2D eigenvalue weighted by Gasteiger charge is 2.21. The average Bonchev–Trinajstić information content (AvgIpc) is 3.22. The van der Waals surface area contributed by atoms with Gasteiger partial charge in [-0.25, -0.2) is 4.98 Å². The van der Waals surface area contributed by atoms with Crippen LogP contribution in [0.1, 0.15) is 43.0 Å². The van der Waals surface area contributed by atoms with Gasteiger partial charge in [0.05, 0.1) is 23.9 Å². The number of anilines is 1. The Kier molecular flexibility index (Phi) is 8.88. The number of nitrogens with zero attached hydrogens (tertiary/aromatic N) is 3. The molecule has 0 fully saturated rings. The molecule has 0 saturated heterocycles. The number of methoxy groups -OCH3 is 1. The third-order valence-electron chi connectivity index (χ3n) is 5.16. The number of amides is 1. The average molecular weight is 456 g/mol. The number of carbonyl (C=O) groups is 1. The molecular formula is C25H33N3O3S. The van der Waals surface area contributed by atoms with E-state index in [1.807, 2.05) is 56.6 Å². The molecule has 6 nitrogen and oxygen atoms in total. The first-order valence-corrected chi connectivity index (χ1v) is 12.0. The highest BCUT2D eigenvalue weighted by Crippen LogP contribution is 2.32. The van der Waals surface area contributed by atoms with E-state index in [2.05, 4.69) is 11.8 Å². The Labute approximate surface area is 194 Å². The summed E-state index contributed by atoms with van der Waals surface area (Å²) in [6.45, 7) is 4.37. The molecule has 2 aromatic carbocycles. The first-order chi connectivity index (χ1) is 15.5. The Balaban J connectivity index is 1.79. The van der Waals surface area contributed by atoms with Crippen LogP contribution >= 0.6 is 11.3 Å². The Bertz CT molecular complexity index is 1000. The summed E-state index contributed by atoms with van der Waals surface area (Å²) in [7, 11) is 5.72. The van der Waals surface area contributed by atoms with Crippen LogP contribution in [0.25, 0.3) is 10.2 Å². The minimum Gasteiger partial charge on any atom is -0.497 e. The molecule has 0 radical (unpaired) electrons. The number of rotatable bonds is 12. The van der Waals surface area contributed by atoms with Crippen LogP contribution in [0.4, 0.5) is 5.13 Å². The molecule has 0 aliphatic rings. The quantitative estimate of drug-likeness (QED) is 0.339. The van der Waals surface area contributed by atoms with Crippen LogP contribution in [0.3, 0.4) is 0 Å². The standard InChI is InChI=1S/C25H33N3O3S/c1-5-6-7-17-31-20-11-9-19(10-12-20)24(29)28(16-8-15-27(2)3)25-26-22-18-21(30-4)13-14-23(22)32-25/h9-14,18H,5-8,15-17H2,1-4H3. The molecule has 0 N–H and O–H groups in total. The number of carbonyl (C=O) groups excluding carboxylic acids is 1. The number of thiazole rings is 1. The van der Waals surface area contributed by atoms with E-state index in [0.717, 1.165) is 47.5 Å². The molecule has 0 atom stereocenters. The fourth-order valence-corrected chi connectivity index (χ4v) is 4.33. The van der Waals surface area contributed by atoms with Crippen LogP contribution in [0, 0.1) is 0 Å². The van der Waals surface area contributed by atoms with Gasteiger partial charge in [0.2, 0.25) is 0 Å². The molecule has 0 bridgehead atoms. The number of hydrogen-bond acceptors (Lipinski definition) is 6. The molecule has 3 aromatic rings. The van der Waals surface area contributed by atoms with Crippen molar-refractivity contribution in [3.8, 4) is 11.5 Å². The van der Waals surface area contributed by atoms with E-state index >= 15 is 0 Å². The van der Waals surface area contributed by atoms with Gasteiger partial charge in [0.25, 0.3) is 5.91 Å². The largest absolute Gasteiger partial charge is 0.497 e. The smallest absolute Gasteiger partial charge is 0.260 e. The fraction of sp³-hybridized carbons (Fsp3) is 0.440. The Hall–Kier alpha value is -2.64. The monoisotopic (exact) mass is 455 g/mol. The van der Waals surface area contributed by atoms with E-state index in [4.69, 9.17) is 14.5 Å². The predicted octanol–water partition coefficient (Wildman–Crippen LogP) is 5.47. The zero-order valence-corrected chi connectivity index (χ0v) is 20.3. The summed E-state index contributed by atoms with van der Waals surface area (Å²) in [6.07, 6.45) is 4.22. The summed E-state index contributed by atoms with van der Waals surface area (Å²) in [5, 5.41) is 0.705. The van der Waals surface area contributed by atoms with Crippen molar-refractivity contribution in [2.24, 2.45) is 0 Å². The zero-order valence-electron chi connectivity index (χ0n) is 19.5. The van der Waals surface area contributed by atoms with Gasteiger partial charge in [-0.15, -0.1) is 0 Å². The van der Waals surface area contributed by atoms with Crippen molar-refractivity contribution in [2.75, 3.05) is 45.8 Å². The van der Waals surface area contributed by atoms with Gasteiger partial charge in [0, 0.05) is 18.2 Å². The molecule has 0 aliphatic carbocycles. The van der Waals surface area contributed by atoms with Crippen molar-refractivity contribution in [2.45, 2.75) is 32.6 Å². The molecule has 0 unspecified atom stereocenters. The summed E-state index contributed by atoms with van der Waals surface area (Å²) in [5.74, 6) is 1.51. The number of benzene rings is 2. The molecule has 0 aliphatic heterocycles. The molecule has 0 spiro atoms. The van der Waals surface area contributed by atoms with Gasteiger partial charge in [-0.05, 0) is 69.9 Å². The molecule has 32 heavy (non-hydrogen) atoms. The first-order valence-electron chi connectivity index (χ1n) is 11.2. The Morgan fingerprint density at radius 1 is 1.00 bits per heavy atom. The van der Waals surface area contributed by atoms with Gasteiger partial charge < -0.3 is 14.4 Å². The minimum atomic E-state index is -0.0488. The first kappa shape index (κ1) is 24.0. The molecule has 172 valence electrons. The lowest BCUT2D eigenvalue weighted by molar-refractivity contribution is 0.0986. The number of aromatic nitrogens is 1. The van der Waals surface area contributed by atoms with Gasteiger partial charge in [-0.2, -0.15) is 0 Å². The molecule has 1 amide bonds. The second kappa shape index (κ2) is 11.8. The Morgan fingerprint density at radius 2 is 1.75 bits per heavy atom. The summed E-state index contributed by atoms with van der Waals surface area (Å²) < 4.78 is 12.1. The number of fused-ring (bicyclic) bond motifs is 1. The van der Waals surface area contributed by atoms with Crippen LogP contribution in [-0.4, -0.2) is 56.7 Å². The van der Waals surface area contributed by atoms with Crippen LogP contribution in [-0.2, 0) is 0 Å². The molecule has 1 aromatic heterocycles. The van der Waals surface area contributed by atoms with Crippen LogP contribution < -0.4 is 14.4 Å². The van der Waals surface area contributed by atoms with E-state index in [9.17, 15) is 4.79 Å². The van der Waals surface area contributed by atoms with Crippen LogP contribution in [0.5, 0.6) is 11.5 Å². The summed E-state index contributed by atoms with van der Waals surface area (Å²) in [5.41, 5.74) is 1.47. The van der Waals surface area contributed by atoms with E-state index in [1.54, 1.807) is 12.0 Å². The van der Waals surface area contributed by atoms with Gasteiger partial charge in [0.1, 0.15) is 11.5 Å². The third kappa shape index (κ3) is 6.43. The minimum absolute atomic E-state index is 0.0488. The predicted molar refractivity (Wildman–Crippen MR) is 132 cm³/mol. The Morgan fingerprint density at radius 3 is 2.44 bits per heavy atom. The number of unbranched alkanes of at least 4 members (excludes halogenated alkanes) is 2. The second-order valence-corrected chi connectivity index (χ2v) is 9.03. The lowest BCUT2D eigenvalue weighted by Gasteiger charge is -2.21. The summed E-state index contributed by atoms with van der Waals surface area (Å²) in [4.78, 5) is 22.1. The topological polar surface area (TPSA) is 54.9 Å². The lowest BCUT2D eigenvalue weighted by atomic mass is 10.2. The highest BCUT2D eigenvalue weighted by molar-refractivity contribution is 7.22. The maximum Gasteiger partial charge on any atom is 0.260 e. The number of hydrogen-bond donors (Lipinski definition) is 0. The maximum atomic E-state index is 13.4. The summed E-state index contributed by atoms with van der Waals surface area (Å²) >= 11 is 1.53. The van der Waals surface area contributed by atoms with Crippen LogP contribution in [0.15, 0.2) is 42.5 Å². The van der Waals surface area contributed by atoms with Crippen molar-refractivity contribution in [3.63, 3.8) is 0 Å². The normalized spacial score (nSPS) is 11.2.